The van der Waals surface area contributed by atoms with E-state index in [1.165, 1.54) is 70.6 Å². The monoisotopic (exact) mass is 887 g/mol. The number of unbranched alkanes of at least 4 members (excludes halogenated alkanes) is 16. The first kappa shape index (κ1) is 60.1. The zero-order valence-corrected chi connectivity index (χ0v) is 41.3. The second-order valence-corrected chi connectivity index (χ2v) is 16.7. The van der Waals surface area contributed by atoms with E-state index in [4.69, 9.17) is 14.2 Å². The van der Waals surface area contributed by atoms with Gasteiger partial charge in [-0.15, -0.1) is 0 Å². The first-order valence-electron chi connectivity index (χ1n) is 25.9. The van der Waals surface area contributed by atoms with Crippen molar-refractivity contribution < 1.29 is 28.6 Å². The van der Waals surface area contributed by atoms with Crippen LogP contribution >= 0.6 is 0 Å². The number of esters is 3. The van der Waals surface area contributed by atoms with Crippen molar-refractivity contribution in [1.82, 2.24) is 0 Å². The summed E-state index contributed by atoms with van der Waals surface area (Å²) in [5, 5.41) is 0. The lowest BCUT2D eigenvalue weighted by Crippen LogP contribution is -2.30. The van der Waals surface area contributed by atoms with Crippen LogP contribution in [0, 0.1) is 0 Å². The zero-order chi connectivity index (χ0) is 46.5. The van der Waals surface area contributed by atoms with E-state index in [9.17, 15) is 14.4 Å². The van der Waals surface area contributed by atoms with E-state index in [1.807, 2.05) is 12.2 Å². The number of hydrogen-bond donors (Lipinski definition) is 0. The zero-order valence-electron chi connectivity index (χ0n) is 41.3. The fraction of sp³-hybridized carbons (Fsp3) is 0.638. The summed E-state index contributed by atoms with van der Waals surface area (Å²) in [6.45, 7) is 6.37. The van der Waals surface area contributed by atoms with Gasteiger partial charge in [0.2, 0.25) is 0 Å². The summed E-state index contributed by atoms with van der Waals surface area (Å²) in [5.74, 6) is -1.02. The number of hydrogen-bond acceptors (Lipinski definition) is 6. The maximum atomic E-state index is 12.8. The summed E-state index contributed by atoms with van der Waals surface area (Å²) < 4.78 is 16.7. The smallest absolute Gasteiger partial charge is 0.306 e. The largest absolute Gasteiger partial charge is 0.462 e. The van der Waals surface area contributed by atoms with Crippen molar-refractivity contribution in [3.8, 4) is 0 Å². The minimum atomic E-state index is -0.814. The summed E-state index contributed by atoms with van der Waals surface area (Å²) in [6, 6.07) is 0. The maximum absolute atomic E-state index is 12.8. The molecule has 0 aliphatic rings. The molecule has 1 atom stereocenters. The second-order valence-electron chi connectivity index (χ2n) is 16.7. The molecule has 0 N–H and O–H groups in total. The number of carbonyl (C=O) groups excluding carboxylic acids is 3. The van der Waals surface area contributed by atoms with Crippen LogP contribution in [-0.4, -0.2) is 37.2 Å². The van der Waals surface area contributed by atoms with Crippen molar-refractivity contribution in [3.63, 3.8) is 0 Å². The van der Waals surface area contributed by atoms with E-state index in [0.29, 0.717) is 19.3 Å². The van der Waals surface area contributed by atoms with Gasteiger partial charge in [-0.1, -0.05) is 214 Å². The van der Waals surface area contributed by atoms with Crippen molar-refractivity contribution in [1.29, 1.82) is 0 Å². The number of carbonyl (C=O) groups is 3. The Kier molecular flexibility index (Phi) is 48.5. The highest BCUT2D eigenvalue weighted by molar-refractivity contribution is 5.71. The SMILES string of the molecule is CC/C=C\C/C=C\C/C=C\C/C=C\C/C=C\C/C=C\CCC(=O)OCC(COC(=O)CCCCCCCCCC)OC(=O)CCCCCCCC/C=C\C/C=C\C/C=C\CCCCC. The van der Waals surface area contributed by atoms with Gasteiger partial charge in [0, 0.05) is 19.3 Å². The normalized spacial score (nSPS) is 13.0. The first-order chi connectivity index (χ1) is 31.5. The lowest BCUT2D eigenvalue weighted by Gasteiger charge is -2.18. The highest BCUT2D eigenvalue weighted by atomic mass is 16.6. The lowest BCUT2D eigenvalue weighted by molar-refractivity contribution is -0.166. The maximum Gasteiger partial charge on any atom is 0.306 e. The van der Waals surface area contributed by atoms with Gasteiger partial charge in [0.25, 0.3) is 0 Å². The number of rotatable bonds is 45. The molecule has 0 amide bonds. The van der Waals surface area contributed by atoms with Crippen LogP contribution in [0.1, 0.15) is 220 Å². The van der Waals surface area contributed by atoms with Gasteiger partial charge < -0.3 is 14.2 Å². The summed E-state index contributed by atoms with van der Waals surface area (Å²) in [7, 11) is 0. The number of ether oxygens (including phenoxy) is 3. The third-order valence-corrected chi connectivity index (χ3v) is 10.5. The van der Waals surface area contributed by atoms with Crippen LogP contribution in [0.25, 0.3) is 0 Å². The molecule has 0 aromatic heterocycles. The molecule has 6 nitrogen and oxygen atoms in total. The fourth-order valence-corrected chi connectivity index (χ4v) is 6.65. The molecule has 0 aliphatic heterocycles. The minimum Gasteiger partial charge on any atom is -0.462 e. The van der Waals surface area contributed by atoms with Gasteiger partial charge in [0.1, 0.15) is 13.2 Å². The summed E-state index contributed by atoms with van der Waals surface area (Å²) in [4.78, 5) is 37.8. The van der Waals surface area contributed by atoms with Crippen molar-refractivity contribution in [2.75, 3.05) is 13.2 Å². The average molecular weight is 887 g/mol. The summed E-state index contributed by atoms with van der Waals surface area (Å²) in [5.41, 5.74) is 0. The molecular weight excluding hydrogens is 793 g/mol. The lowest BCUT2D eigenvalue weighted by atomic mass is 10.1. The van der Waals surface area contributed by atoms with Crippen LogP contribution in [-0.2, 0) is 28.6 Å². The summed E-state index contributed by atoms with van der Waals surface area (Å²) in [6.07, 6.45) is 69.5. The van der Waals surface area contributed by atoms with Crippen LogP contribution < -0.4 is 0 Å². The molecule has 0 radical (unpaired) electrons. The second kappa shape index (κ2) is 51.7. The Hall–Kier alpha value is -3.93. The molecule has 0 rings (SSSR count). The van der Waals surface area contributed by atoms with Crippen molar-refractivity contribution in [2.45, 2.75) is 226 Å². The molecule has 0 bridgehead atoms. The van der Waals surface area contributed by atoms with Crippen LogP contribution in [0.4, 0.5) is 0 Å². The summed E-state index contributed by atoms with van der Waals surface area (Å²) >= 11 is 0. The van der Waals surface area contributed by atoms with E-state index in [2.05, 4.69) is 118 Å². The quantitative estimate of drug-likeness (QED) is 0.0262. The molecule has 6 heteroatoms. The van der Waals surface area contributed by atoms with Crippen LogP contribution in [0.5, 0.6) is 0 Å². The molecule has 0 aromatic carbocycles. The Balaban J connectivity index is 4.45. The van der Waals surface area contributed by atoms with Gasteiger partial charge in [-0.25, -0.2) is 0 Å². The van der Waals surface area contributed by atoms with Crippen molar-refractivity contribution in [3.05, 3.63) is 109 Å². The molecular formula is C58H94O6. The highest BCUT2D eigenvalue weighted by Crippen LogP contribution is 2.13. The van der Waals surface area contributed by atoms with Crippen LogP contribution in [0.3, 0.4) is 0 Å². The highest BCUT2D eigenvalue weighted by Gasteiger charge is 2.19. The Bertz CT molecular complexity index is 1340. The van der Waals surface area contributed by atoms with Crippen molar-refractivity contribution in [2.24, 2.45) is 0 Å². The minimum absolute atomic E-state index is 0.108. The molecule has 0 spiro atoms. The average Bonchev–Trinajstić information content (AvgIpc) is 3.29. The molecule has 0 saturated heterocycles. The van der Waals surface area contributed by atoms with E-state index >= 15 is 0 Å². The van der Waals surface area contributed by atoms with Gasteiger partial charge in [0.05, 0.1) is 0 Å². The van der Waals surface area contributed by atoms with E-state index in [1.54, 1.807) is 0 Å². The number of allylic oxidation sites excluding steroid dienone is 18. The Morgan fingerprint density at radius 2 is 0.641 bits per heavy atom. The molecule has 0 saturated carbocycles. The molecule has 64 heavy (non-hydrogen) atoms. The molecule has 0 aliphatic carbocycles. The molecule has 0 aromatic rings. The van der Waals surface area contributed by atoms with Gasteiger partial charge in [0.15, 0.2) is 6.10 Å². The standard InChI is InChI=1S/C58H94O6/c1-4-7-10-13-16-19-21-23-25-27-29-31-33-35-37-39-42-45-48-51-57(60)63-54-55(53-62-56(59)50-47-44-41-18-15-12-9-6-3)64-58(61)52-49-46-43-40-38-36-34-32-30-28-26-24-22-20-17-14-11-8-5-2/h7,10,16-17,19-20,23-26,29-32,35,37,42,45,55H,4-6,8-9,11-15,18,21-22,27-28,33-34,36,38-41,43-44,46-54H2,1-3H3/b10-7-,19-16-,20-17-,25-23-,26-24-,31-29-,32-30-,37-35-,45-42-. The molecule has 362 valence electrons. The Labute approximate surface area is 393 Å². The topological polar surface area (TPSA) is 78.9 Å². The van der Waals surface area contributed by atoms with E-state index in [0.717, 1.165) is 103 Å². The third-order valence-electron chi connectivity index (χ3n) is 10.5. The first-order valence-corrected chi connectivity index (χ1v) is 25.9. The van der Waals surface area contributed by atoms with Gasteiger partial charge in [-0.3, -0.25) is 14.4 Å². The van der Waals surface area contributed by atoms with Gasteiger partial charge >= 0.3 is 17.9 Å². The van der Waals surface area contributed by atoms with Crippen molar-refractivity contribution >= 4 is 17.9 Å². The Morgan fingerprint density at radius 3 is 1.08 bits per heavy atom. The van der Waals surface area contributed by atoms with Gasteiger partial charge in [-0.2, -0.15) is 0 Å². The van der Waals surface area contributed by atoms with E-state index in [-0.39, 0.29) is 37.5 Å². The fourth-order valence-electron chi connectivity index (χ4n) is 6.65. The molecule has 0 heterocycles. The third kappa shape index (κ3) is 49.1. The van der Waals surface area contributed by atoms with Crippen LogP contribution in [0.2, 0.25) is 0 Å². The Morgan fingerprint density at radius 1 is 0.328 bits per heavy atom. The molecule has 0 fully saturated rings. The molecule has 1 unspecified atom stereocenters. The van der Waals surface area contributed by atoms with Gasteiger partial charge in [-0.05, 0) is 96.3 Å². The predicted octanol–water partition coefficient (Wildman–Crippen LogP) is 17.1. The van der Waals surface area contributed by atoms with Crippen LogP contribution in [0.15, 0.2) is 109 Å². The predicted molar refractivity (Wildman–Crippen MR) is 274 cm³/mol. The van der Waals surface area contributed by atoms with E-state index < -0.39 is 6.10 Å².